The van der Waals surface area contributed by atoms with E-state index in [1.165, 1.54) is 0 Å². The van der Waals surface area contributed by atoms with Crippen LogP contribution in [0.5, 0.6) is 5.75 Å². The molecule has 0 aliphatic carbocycles. The molecule has 2 amide bonds. The molecule has 3 atom stereocenters. The third-order valence-electron chi connectivity index (χ3n) is 7.10. The predicted octanol–water partition coefficient (Wildman–Crippen LogP) is 3.11. The van der Waals surface area contributed by atoms with Crippen molar-refractivity contribution >= 4 is 11.8 Å². The Kier molecular flexibility index (Phi) is 8.93. The van der Waals surface area contributed by atoms with Crippen LogP contribution < -0.4 is 21.5 Å². The average Bonchev–Trinajstić information content (AvgIpc) is 3.40. The first-order valence-corrected chi connectivity index (χ1v) is 12.8. The quantitative estimate of drug-likeness (QED) is 0.396. The van der Waals surface area contributed by atoms with E-state index >= 15 is 0 Å². The molecule has 5 N–H and O–H groups in total. The van der Waals surface area contributed by atoms with E-state index in [0.29, 0.717) is 44.6 Å². The maximum absolute atomic E-state index is 13.5. The van der Waals surface area contributed by atoms with Crippen molar-refractivity contribution in [2.75, 3.05) is 13.7 Å². The number of methoxy groups -OCH3 is 1. The molecule has 1 aliphatic rings. The van der Waals surface area contributed by atoms with Gasteiger partial charge in [0.15, 0.2) is 0 Å². The molecule has 0 aromatic heterocycles. The van der Waals surface area contributed by atoms with Gasteiger partial charge in [-0.1, -0.05) is 72.8 Å². The van der Waals surface area contributed by atoms with E-state index in [4.69, 9.17) is 16.2 Å². The number of carbonyl (C=O) groups is 2. The standard InChI is InChI=1S/C30H36N4O3/c1-37-28-16-22(12-14-24(28)18-31)19-33-29(35)27-17-25(23-10-6-3-7-11-23)20-34(27)30(36)26(32)15-13-21-8-4-2-5-9-21/h2-12,14,16,25-27H,13,15,17-20,31-32H2,1H3,(H,33,35)/t25-,26+,27-/m0/s1. The smallest absolute Gasteiger partial charge is 0.243 e. The largest absolute Gasteiger partial charge is 0.496 e. The molecular formula is C30H36N4O3. The first-order chi connectivity index (χ1) is 18.0. The molecule has 0 radical (unpaired) electrons. The summed E-state index contributed by atoms with van der Waals surface area (Å²) in [6.07, 6.45) is 1.79. The summed E-state index contributed by atoms with van der Waals surface area (Å²) in [7, 11) is 1.60. The minimum atomic E-state index is -0.668. The molecule has 3 aromatic carbocycles. The molecule has 4 rings (SSSR count). The first-order valence-electron chi connectivity index (χ1n) is 12.8. The summed E-state index contributed by atoms with van der Waals surface area (Å²) >= 11 is 0. The van der Waals surface area contributed by atoms with E-state index in [9.17, 15) is 9.59 Å². The number of rotatable bonds is 10. The number of ether oxygens (including phenoxy) is 1. The lowest BCUT2D eigenvalue weighted by molar-refractivity contribution is -0.139. The Hall–Kier alpha value is -3.68. The van der Waals surface area contributed by atoms with Gasteiger partial charge in [0.2, 0.25) is 11.8 Å². The molecule has 1 fully saturated rings. The van der Waals surface area contributed by atoms with Crippen LogP contribution in [0, 0.1) is 0 Å². The fraction of sp³-hybridized carbons (Fsp3) is 0.333. The van der Waals surface area contributed by atoms with Crippen molar-refractivity contribution < 1.29 is 14.3 Å². The number of benzene rings is 3. The Morgan fingerprint density at radius 2 is 1.73 bits per heavy atom. The van der Waals surface area contributed by atoms with E-state index < -0.39 is 12.1 Å². The second kappa shape index (κ2) is 12.5. The van der Waals surface area contributed by atoms with Crippen LogP contribution in [0.15, 0.2) is 78.9 Å². The first kappa shape index (κ1) is 26.4. The summed E-state index contributed by atoms with van der Waals surface area (Å²) in [5, 5.41) is 3.02. The molecule has 0 bridgehead atoms. The van der Waals surface area contributed by atoms with Crippen LogP contribution in [0.2, 0.25) is 0 Å². The summed E-state index contributed by atoms with van der Waals surface area (Å²) in [6.45, 7) is 1.17. The molecule has 7 heteroatoms. The van der Waals surface area contributed by atoms with Crippen molar-refractivity contribution in [2.45, 2.75) is 50.4 Å². The number of carbonyl (C=O) groups excluding carboxylic acids is 2. The second-order valence-corrected chi connectivity index (χ2v) is 9.55. The second-order valence-electron chi connectivity index (χ2n) is 9.55. The van der Waals surface area contributed by atoms with E-state index in [2.05, 4.69) is 5.32 Å². The summed E-state index contributed by atoms with van der Waals surface area (Å²) < 4.78 is 5.42. The van der Waals surface area contributed by atoms with Crippen molar-refractivity contribution in [3.05, 3.63) is 101 Å². The monoisotopic (exact) mass is 500 g/mol. The molecule has 0 saturated carbocycles. The number of aryl methyl sites for hydroxylation is 1. The SMILES string of the molecule is COc1cc(CNC(=O)[C@@H]2C[C@H](c3ccccc3)CN2C(=O)[C@H](N)CCc2ccccc2)ccc1CN. The fourth-order valence-electron chi connectivity index (χ4n) is 4.97. The van der Waals surface area contributed by atoms with E-state index in [-0.39, 0.29) is 17.7 Å². The minimum Gasteiger partial charge on any atom is -0.496 e. The van der Waals surface area contributed by atoms with Gasteiger partial charge < -0.3 is 26.4 Å². The van der Waals surface area contributed by atoms with Crippen molar-refractivity contribution in [3.63, 3.8) is 0 Å². The van der Waals surface area contributed by atoms with Gasteiger partial charge in [-0.15, -0.1) is 0 Å². The van der Waals surface area contributed by atoms with Crippen LogP contribution in [-0.4, -0.2) is 42.5 Å². The lowest BCUT2D eigenvalue weighted by Crippen LogP contribution is -2.51. The highest BCUT2D eigenvalue weighted by Crippen LogP contribution is 2.32. The van der Waals surface area contributed by atoms with Crippen LogP contribution >= 0.6 is 0 Å². The van der Waals surface area contributed by atoms with Gasteiger partial charge in [-0.05, 0) is 42.0 Å². The zero-order chi connectivity index (χ0) is 26.2. The van der Waals surface area contributed by atoms with Gasteiger partial charge in [0.25, 0.3) is 0 Å². The van der Waals surface area contributed by atoms with E-state index in [1.807, 2.05) is 78.9 Å². The van der Waals surface area contributed by atoms with Gasteiger partial charge in [-0.2, -0.15) is 0 Å². The van der Waals surface area contributed by atoms with Gasteiger partial charge in [0, 0.05) is 31.1 Å². The van der Waals surface area contributed by atoms with Gasteiger partial charge in [0.05, 0.1) is 13.2 Å². The van der Waals surface area contributed by atoms with Crippen molar-refractivity contribution in [2.24, 2.45) is 11.5 Å². The van der Waals surface area contributed by atoms with E-state index in [1.54, 1.807) is 12.0 Å². The van der Waals surface area contributed by atoms with Crippen LogP contribution in [0.4, 0.5) is 0 Å². The van der Waals surface area contributed by atoms with Crippen molar-refractivity contribution in [1.29, 1.82) is 0 Å². The average molecular weight is 501 g/mol. The Morgan fingerprint density at radius 1 is 1.03 bits per heavy atom. The number of nitrogens with one attached hydrogen (secondary N) is 1. The number of nitrogens with zero attached hydrogens (tertiary/aromatic N) is 1. The normalized spacial score (nSPS) is 17.9. The highest BCUT2D eigenvalue weighted by Gasteiger charge is 2.41. The molecule has 37 heavy (non-hydrogen) atoms. The molecule has 194 valence electrons. The third-order valence-corrected chi connectivity index (χ3v) is 7.10. The maximum Gasteiger partial charge on any atom is 0.243 e. The fourth-order valence-corrected chi connectivity index (χ4v) is 4.97. The van der Waals surface area contributed by atoms with Crippen LogP contribution in [0.3, 0.4) is 0 Å². The van der Waals surface area contributed by atoms with Gasteiger partial charge in [0.1, 0.15) is 11.8 Å². The van der Waals surface area contributed by atoms with Gasteiger partial charge in [-0.3, -0.25) is 9.59 Å². The number of hydrogen-bond donors (Lipinski definition) is 3. The molecule has 1 saturated heterocycles. The Morgan fingerprint density at radius 3 is 2.41 bits per heavy atom. The lowest BCUT2D eigenvalue weighted by atomic mass is 9.96. The lowest BCUT2D eigenvalue weighted by Gasteiger charge is -2.27. The van der Waals surface area contributed by atoms with Crippen LogP contribution in [0.1, 0.15) is 41.0 Å². The third kappa shape index (κ3) is 6.56. The van der Waals surface area contributed by atoms with Crippen LogP contribution in [-0.2, 0) is 29.1 Å². The summed E-state index contributed by atoms with van der Waals surface area (Å²) in [5.41, 5.74) is 16.2. The topological polar surface area (TPSA) is 111 Å². The van der Waals surface area contributed by atoms with Gasteiger partial charge in [-0.25, -0.2) is 0 Å². The summed E-state index contributed by atoms with van der Waals surface area (Å²) in [5.74, 6) is 0.416. The zero-order valence-electron chi connectivity index (χ0n) is 21.3. The molecule has 3 aromatic rings. The highest BCUT2D eigenvalue weighted by molar-refractivity contribution is 5.90. The van der Waals surface area contributed by atoms with Gasteiger partial charge >= 0.3 is 0 Å². The molecule has 0 unspecified atom stereocenters. The number of amides is 2. The Bertz CT molecular complexity index is 1190. The van der Waals surface area contributed by atoms with Crippen LogP contribution in [0.25, 0.3) is 0 Å². The number of likely N-dealkylation sites (tertiary alicyclic amines) is 1. The number of nitrogens with two attached hydrogens (primary N) is 2. The predicted molar refractivity (Wildman–Crippen MR) is 145 cm³/mol. The molecule has 0 spiro atoms. The zero-order valence-corrected chi connectivity index (χ0v) is 21.3. The summed E-state index contributed by atoms with van der Waals surface area (Å²) in [4.78, 5) is 28.6. The summed E-state index contributed by atoms with van der Waals surface area (Å²) in [6, 6.07) is 24.5. The van der Waals surface area contributed by atoms with Crippen molar-refractivity contribution in [1.82, 2.24) is 10.2 Å². The minimum absolute atomic E-state index is 0.0751. The van der Waals surface area contributed by atoms with Crippen molar-refractivity contribution in [3.8, 4) is 5.75 Å². The molecule has 7 nitrogen and oxygen atoms in total. The molecule has 1 heterocycles. The molecule has 1 aliphatic heterocycles. The highest BCUT2D eigenvalue weighted by atomic mass is 16.5. The Balaban J connectivity index is 1.46. The number of hydrogen-bond acceptors (Lipinski definition) is 5. The Labute approximate surface area is 218 Å². The maximum atomic E-state index is 13.5. The van der Waals surface area contributed by atoms with E-state index in [0.717, 1.165) is 22.3 Å². The molecular weight excluding hydrogens is 464 g/mol.